The summed E-state index contributed by atoms with van der Waals surface area (Å²) in [6.07, 6.45) is 0. The van der Waals surface area contributed by atoms with Gasteiger partial charge in [0.05, 0.1) is 12.6 Å². The van der Waals surface area contributed by atoms with Crippen molar-refractivity contribution in [2.45, 2.75) is 0 Å². The van der Waals surface area contributed by atoms with Crippen LogP contribution in [0.3, 0.4) is 0 Å². The van der Waals surface area contributed by atoms with Crippen LogP contribution in [-0.2, 0) is 0 Å². The summed E-state index contributed by atoms with van der Waals surface area (Å²) in [7, 11) is 1.66. The maximum absolute atomic E-state index is 5.40. The minimum Gasteiger partial charge on any atom is -0.481 e. The molecule has 1 aromatic heterocycles. The zero-order chi connectivity index (χ0) is 12.4. The summed E-state index contributed by atoms with van der Waals surface area (Å²) in [5.41, 5.74) is 3.10. The van der Waals surface area contributed by atoms with Crippen molar-refractivity contribution in [3.05, 3.63) is 60.7 Å². The van der Waals surface area contributed by atoms with Gasteiger partial charge in [-0.05, 0) is 17.7 Å². The van der Waals surface area contributed by atoms with Gasteiger partial charge in [0.15, 0.2) is 0 Å². The number of para-hydroxylation sites is 1. The van der Waals surface area contributed by atoms with E-state index in [-0.39, 0.29) is 0 Å². The van der Waals surface area contributed by atoms with Crippen molar-refractivity contribution >= 4 is 10.9 Å². The second kappa shape index (κ2) is 4.49. The quantitative estimate of drug-likeness (QED) is 0.671. The fraction of sp³-hybridized carbons (Fsp3) is 0.0625. The topological polar surface area (TPSA) is 22.1 Å². The number of nitrogens with zero attached hydrogens (tertiary/aromatic N) is 1. The molecule has 0 aliphatic carbocycles. The van der Waals surface area contributed by atoms with E-state index >= 15 is 0 Å². The van der Waals surface area contributed by atoms with Crippen LogP contribution in [0.15, 0.2) is 60.7 Å². The summed E-state index contributed by atoms with van der Waals surface area (Å²) < 4.78 is 5.40. The van der Waals surface area contributed by atoms with Crippen LogP contribution in [0.25, 0.3) is 22.0 Å². The first-order valence-electron chi connectivity index (χ1n) is 5.87. The lowest BCUT2D eigenvalue weighted by Crippen LogP contribution is -1.92. The van der Waals surface area contributed by atoms with E-state index < -0.39 is 0 Å². The molecule has 88 valence electrons. The molecule has 0 fully saturated rings. The molecule has 0 bridgehead atoms. The molecule has 2 aromatic carbocycles. The normalized spacial score (nSPS) is 10.5. The lowest BCUT2D eigenvalue weighted by molar-refractivity contribution is 0.401. The van der Waals surface area contributed by atoms with Gasteiger partial charge in [0.25, 0.3) is 0 Å². The molecule has 0 atom stereocenters. The van der Waals surface area contributed by atoms with Gasteiger partial charge >= 0.3 is 0 Å². The van der Waals surface area contributed by atoms with Crippen LogP contribution >= 0.6 is 0 Å². The number of benzene rings is 2. The summed E-state index contributed by atoms with van der Waals surface area (Å²) in [4.78, 5) is 4.55. The summed E-state index contributed by atoms with van der Waals surface area (Å²) in [6.45, 7) is 0. The summed E-state index contributed by atoms with van der Waals surface area (Å²) in [6, 6.07) is 20.3. The molecule has 0 radical (unpaired) electrons. The average molecular weight is 235 g/mol. The Balaban J connectivity index is 2.27. The van der Waals surface area contributed by atoms with E-state index in [4.69, 9.17) is 4.74 Å². The highest BCUT2D eigenvalue weighted by Gasteiger charge is 2.08. The monoisotopic (exact) mass is 235 g/mol. The van der Waals surface area contributed by atoms with Crippen molar-refractivity contribution in [3.63, 3.8) is 0 Å². The minimum atomic E-state index is 0.667. The van der Waals surface area contributed by atoms with Crippen LogP contribution in [0.2, 0.25) is 0 Å². The number of ether oxygens (including phenoxy) is 1. The van der Waals surface area contributed by atoms with Gasteiger partial charge in [0.2, 0.25) is 5.88 Å². The van der Waals surface area contributed by atoms with E-state index in [9.17, 15) is 0 Å². The third-order valence-corrected chi connectivity index (χ3v) is 2.97. The molecule has 1 heterocycles. The second-order valence-corrected chi connectivity index (χ2v) is 4.10. The molecule has 3 aromatic rings. The van der Waals surface area contributed by atoms with E-state index in [0.717, 1.165) is 22.0 Å². The van der Waals surface area contributed by atoms with Crippen LogP contribution in [0, 0.1) is 0 Å². The Hall–Kier alpha value is -2.35. The van der Waals surface area contributed by atoms with Gasteiger partial charge in [-0.1, -0.05) is 48.5 Å². The third-order valence-electron chi connectivity index (χ3n) is 2.97. The van der Waals surface area contributed by atoms with Crippen molar-refractivity contribution in [2.24, 2.45) is 0 Å². The molecule has 2 heteroatoms. The number of rotatable bonds is 2. The molecule has 0 aliphatic rings. The van der Waals surface area contributed by atoms with Crippen LogP contribution in [-0.4, -0.2) is 12.1 Å². The number of pyridine rings is 1. The van der Waals surface area contributed by atoms with E-state index in [1.54, 1.807) is 7.11 Å². The first-order chi connectivity index (χ1) is 8.88. The Kier molecular flexibility index (Phi) is 2.69. The predicted molar refractivity (Wildman–Crippen MR) is 73.7 cm³/mol. The van der Waals surface area contributed by atoms with Gasteiger partial charge in [-0.15, -0.1) is 0 Å². The van der Waals surface area contributed by atoms with E-state index in [1.165, 1.54) is 0 Å². The van der Waals surface area contributed by atoms with Gasteiger partial charge in [-0.2, -0.15) is 0 Å². The molecule has 0 saturated heterocycles. The Labute approximate surface area is 106 Å². The molecule has 0 unspecified atom stereocenters. The zero-order valence-corrected chi connectivity index (χ0v) is 10.1. The highest BCUT2D eigenvalue weighted by atomic mass is 16.5. The number of hydrogen-bond donors (Lipinski definition) is 0. The highest BCUT2D eigenvalue weighted by Crippen LogP contribution is 2.31. The van der Waals surface area contributed by atoms with Gasteiger partial charge in [-0.25, -0.2) is 4.98 Å². The summed E-state index contributed by atoms with van der Waals surface area (Å²) in [5.74, 6) is 0.667. The van der Waals surface area contributed by atoms with Crippen LogP contribution < -0.4 is 4.74 Å². The molecule has 3 rings (SSSR count). The average Bonchev–Trinajstić information content (AvgIpc) is 2.46. The molecule has 0 aliphatic heterocycles. The Morgan fingerprint density at radius 2 is 1.61 bits per heavy atom. The molecule has 2 nitrogen and oxygen atoms in total. The van der Waals surface area contributed by atoms with Crippen molar-refractivity contribution < 1.29 is 4.74 Å². The van der Waals surface area contributed by atoms with Crippen molar-refractivity contribution in [3.8, 4) is 17.0 Å². The third kappa shape index (κ3) is 1.82. The number of hydrogen-bond acceptors (Lipinski definition) is 2. The van der Waals surface area contributed by atoms with Gasteiger partial charge < -0.3 is 4.74 Å². The SMILES string of the molecule is COc1nc2ccccc2cc1-c1ccccc1. The zero-order valence-electron chi connectivity index (χ0n) is 10.1. The molecular weight excluding hydrogens is 222 g/mol. The Bertz CT molecular complexity index is 677. The molecule has 0 amide bonds. The van der Waals surface area contributed by atoms with Gasteiger partial charge in [0, 0.05) is 10.9 Å². The smallest absolute Gasteiger partial charge is 0.221 e. The molecular formula is C16H13NO. The second-order valence-electron chi connectivity index (χ2n) is 4.10. The van der Waals surface area contributed by atoms with E-state index in [1.807, 2.05) is 36.4 Å². The van der Waals surface area contributed by atoms with Crippen molar-refractivity contribution in [2.75, 3.05) is 7.11 Å². The maximum Gasteiger partial charge on any atom is 0.221 e. The Morgan fingerprint density at radius 3 is 2.39 bits per heavy atom. The van der Waals surface area contributed by atoms with Crippen LogP contribution in [0.1, 0.15) is 0 Å². The lowest BCUT2D eigenvalue weighted by atomic mass is 10.0. The lowest BCUT2D eigenvalue weighted by Gasteiger charge is -2.09. The molecule has 0 spiro atoms. The van der Waals surface area contributed by atoms with E-state index in [2.05, 4.69) is 29.2 Å². The van der Waals surface area contributed by atoms with Gasteiger partial charge in [-0.3, -0.25) is 0 Å². The van der Waals surface area contributed by atoms with E-state index in [0.29, 0.717) is 5.88 Å². The van der Waals surface area contributed by atoms with Crippen LogP contribution in [0.5, 0.6) is 5.88 Å². The summed E-state index contributed by atoms with van der Waals surface area (Å²) >= 11 is 0. The number of aromatic nitrogens is 1. The largest absolute Gasteiger partial charge is 0.481 e. The molecule has 0 N–H and O–H groups in total. The molecule has 0 saturated carbocycles. The van der Waals surface area contributed by atoms with Crippen molar-refractivity contribution in [1.29, 1.82) is 0 Å². The fourth-order valence-corrected chi connectivity index (χ4v) is 2.08. The Morgan fingerprint density at radius 1 is 0.889 bits per heavy atom. The number of fused-ring (bicyclic) bond motifs is 1. The maximum atomic E-state index is 5.40. The fourth-order valence-electron chi connectivity index (χ4n) is 2.08. The summed E-state index contributed by atoms with van der Waals surface area (Å²) in [5, 5.41) is 1.12. The minimum absolute atomic E-state index is 0.667. The standard InChI is InChI=1S/C16H13NO/c1-18-16-14(12-7-3-2-4-8-12)11-13-9-5-6-10-15(13)17-16/h2-11H,1H3. The van der Waals surface area contributed by atoms with Crippen molar-refractivity contribution in [1.82, 2.24) is 4.98 Å². The highest BCUT2D eigenvalue weighted by molar-refractivity contribution is 5.86. The first-order valence-corrected chi connectivity index (χ1v) is 5.87. The number of methoxy groups -OCH3 is 1. The predicted octanol–water partition coefficient (Wildman–Crippen LogP) is 3.91. The van der Waals surface area contributed by atoms with Crippen LogP contribution in [0.4, 0.5) is 0 Å². The van der Waals surface area contributed by atoms with Gasteiger partial charge in [0.1, 0.15) is 0 Å². The first kappa shape index (κ1) is 10.8. The molecule has 18 heavy (non-hydrogen) atoms.